The molecule has 2 rings (SSSR count). The van der Waals surface area contributed by atoms with Gasteiger partial charge in [0.25, 0.3) is 0 Å². The Balaban J connectivity index is 2.31. The minimum absolute atomic E-state index is 0.0237. The van der Waals surface area contributed by atoms with Crippen molar-refractivity contribution in [2.45, 2.75) is 58.3 Å². The van der Waals surface area contributed by atoms with Gasteiger partial charge in [0.1, 0.15) is 11.9 Å². The molecule has 0 saturated heterocycles. The van der Waals surface area contributed by atoms with Crippen molar-refractivity contribution in [2.75, 3.05) is 11.5 Å². The number of sulfone groups is 1. The van der Waals surface area contributed by atoms with Gasteiger partial charge in [-0.3, -0.25) is 10.1 Å². The number of carbonyl (C=O) groups is 1. The van der Waals surface area contributed by atoms with Gasteiger partial charge in [0.15, 0.2) is 15.6 Å². The summed E-state index contributed by atoms with van der Waals surface area (Å²) in [7, 11) is -3.75. The predicted molar refractivity (Wildman–Crippen MR) is 103 cm³/mol. The number of carbonyl (C=O) groups excluding carboxylic acids is 1. The van der Waals surface area contributed by atoms with Crippen LogP contribution in [-0.2, 0) is 14.6 Å². The third-order valence-corrected chi connectivity index (χ3v) is 7.02. The first-order valence-electron chi connectivity index (χ1n) is 9.52. The number of ketones is 1. The van der Waals surface area contributed by atoms with E-state index >= 15 is 0 Å². The number of halogens is 4. The van der Waals surface area contributed by atoms with Gasteiger partial charge in [-0.25, -0.2) is 12.8 Å². The van der Waals surface area contributed by atoms with Crippen LogP contribution in [0.2, 0.25) is 0 Å². The zero-order valence-corrected chi connectivity index (χ0v) is 17.5. The van der Waals surface area contributed by atoms with E-state index in [0.717, 1.165) is 37.1 Å². The number of hydrogen-bond donors (Lipinski definition) is 1. The lowest BCUT2D eigenvalue weighted by molar-refractivity contribution is -0.160. The van der Waals surface area contributed by atoms with E-state index < -0.39 is 45.5 Å². The molecule has 0 amide bonds. The van der Waals surface area contributed by atoms with Gasteiger partial charge in [-0.05, 0) is 41.9 Å². The molecule has 0 heterocycles. The first kappa shape index (κ1) is 23.8. The first-order chi connectivity index (χ1) is 13.2. The van der Waals surface area contributed by atoms with Crippen molar-refractivity contribution in [1.29, 1.82) is 0 Å². The molecule has 4 nitrogen and oxygen atoms in total. The number of nitrogens with one attached hydrogen (secondary N) is 1. The van der Waals surface area contributed by atoms with Crippen LogP contribution in [-0.4, -0.2) is 37.9 Å². The Morgan fingerprint density at radius 3 is 2.14 bits per heavy atom. The summed E-state index contributed by atoms with van der Waals surface area (Å²) in [5, 5.41) is 2.23. The van der Waals surface area contributed by atoms with Crippen molar-refractivity contribution in [3.05, 3.63) is 35.6 Å². The van der Waals surface area contributed by atoms with Crippen molar-refractivity contribution >= 4 is 15.6 Å². The largest absolute Gasteiger partial charge is 0.407 e. The quantitative estimate of drug-likeness (QED) is 0.557. The fourth-order valence-electron chi connectivity index (χ4n) is 3.23. The van der Waals surface area contributed by atoms with Crippen LogP contribution in [0.15, 0.2) is 24.3 Å². The molecule has 1 fully saturated rings. The van der Waals surface area contributed by atoms with E-state index in [4.69, 9.17) is 0 Å². The number of Topliss-reactive ketones (excluding diaryl/α,β-unsaturated/α-hetero) is 1. The second-order valence-electron chi connectivity index (χ2n) is 8.67. The van der Waals surface area contributed by atoms with Crippen LogP contribution in [0.3, 0.4) is 0 Å². The third kappa shape index (κ3) is 7.37. The third-order valence-electron chi connectivity index (χ3n) is 5.00. The van der Waals surface area contributed by atoms with Crippen molar-refractivity contribution in [3.8, 4) is 0 Å². The zero-order chi connectivity index (χ0) is 22.0. The van der Waals surface area contributed by atoms with Gasteiger partial charge in [0, 0.05) is 6.42 Å². The van der Waals surface area contributed by atoms with E-state index in [1.54, 1.807) is 13.8 Å². The number of rotatable bonds is 10. The van der Waals surface area contributed by atoms with Crippen molar-refractivity contribution in [3.63, 3.8) is 0 Å². The van der Waals surface area contributed by atoms with E-state index in [9.17, 15) is 30.8 Å². The Hall–Kier alpha value is -1.48. The molecule has 0 aromatic heterocycles. The van der Waals surface area contributed by atoms with Gasteiger partial charge in [0.05, 0.1) is 17.5 Å². The fraction of sp³-hybridized carbons (Fsp3) is 0.650. The summed E-state index contributed by atoms with van der Waals surface area (Å²) in [6.45, 7) is 5.22. The first-order valence-corrected chi connectivity index (χ1v) is 11.3. The molecule has 29 heavy (non-hydrogen) atoms. The summed E-state index contributed by atoms with van der Waals surface area (Å²) in [5.74, 6) is -2.37. The lowest BCUT2D eigenvalue weighted by Crippen LogP contribution is -2.49. The average molecular weight is 437 g/mol. The summed E-state index contributed by atoms with van der Waals surface area (Å²) in [4.78, 5) is 12.8. The summed E-state index contributed by atoms with van der Waals surface area (Å²) < 4.78 is 79.1. The van der Waals surface area contributed by atoms with Crippen molar-refractivity contribution in [2.24, 2.45) is 11.3 Å². The van der Waals surface area contributed by atoms with Gasteiger partial charge in [-0.1, -0.05) is 32.9 Å². The molecule has 1 saturated carbocycles. The lowest BCUT2D eigenvalue weighted by Gasteiger charge is -2.28. The lowest BCUT2D eigenvalue weighted by atomic mass is 9.97. The van der Waals surface area contributed by atoms with E-state index in [1.807, 2.05) is 6.92 Å². The normalized spacial score (nSPS) is 18.5. The highest BCUT2D eigenvalue weighted by atomic mass is 32.2. The summed E-state index contributed by atoms with van der Waals surface area (Å²) >= 11 is 0. The Morgan fingerprint density at radius 2 is 1.69 bits per heavy atom. The average Bonchev–Trinajstić information content (AvgIpc) is 3.26. The number of hydrogen-bond acceptors (Lipinski definition) is 4. The molecule has 1 aromatic carbocycles. The molecule has 164 valence electrons. The second kappa shape index (κ2) is 8.71. The van der Waals surface area contributed by atoms with Crippen LogP contribution in [0.1, 0.15) is 51.6 Å². The summed E-state index contributed by atoms with van der Waals surface area (Å²) in [6.07, 6.45) is -3.20. The van der Waals surface area contributed by atoms with E-state index in [1.165, 1.54) is 0 Å². The summed E-state index contributed by atoms with van der Waals surface area (Å²) in [6, 6.07) is -0.0217. The van der Waals surface area contributed by atoms with Crippen molar-refractivity contribution < 1.29 is 30.8 Å². The monoisotopic (exact) mass is 437 g/mol. The highest BCUT2D eigenvalue weighted by Gasteiger charge is 2.45. The molecule has 9 heteroatoms. The van der Waals surface area contributed by atoms with Crippen LogP contribution < -0.4 is 5.32 Å². The predicted octanol–water partition coefficient (Wildman–Crippen LogP) is 4.22. The molecule has 0 radical (unpaired) electrons. The van der Waals surface area contributed by atoms with Gasteiger partial charge in [-0.15, -0.1) is 0 Å². The maximum atomic E-state index is 13.7. The van der Waals surface area contributed by atoms with E-state index in [-0.39, 0.29) is 29.1 Å². The summed E-state index contributed by atoms with van der Waals surface area (Å²) in [5.41, 5.74) is -0.557. The van der Waals surface area contributed by atoms with Crippen LogP contribution in [0, 0.1) is 17.2 Å². The van der Waals surface area contributed by atoms with Crippen molar-refractivity contribution in [1.82, 2.24) is 5.32 Å². The zero-order valence-electron chi connectivity index (χ0n) is 16.7. The molecule has 0 bridgehead atoms. The molecule has 1 aliphatic carbocycles. The molecule has 0 unspecified atom stereocenters. The molecule has 0 aliphatic heterocycles. The topological polar surface area (TPSA) is 63.2 Å². The van der Waals surface area contributed by atoms with Gasteiger partial charge >= 0.3 is 6.18 Å². The highest BCUT2D eigenvalue weighted by molar-refractivity contribution is 7.91. The molecule has 1 N–H and O–H groups in total. The SMILES string of the molecule is CC(C)CS(=O)(=O)C[C@H](N[C@@H](c1ccc(F)cc1)C(F)(F)F)C(=O)CC1(C)CC1. The smallest absolute Gasteiger partial charge is 0.298 e. The van der Waals surface area contributed by atoms with Crippen LogP contribution in [0.5, 0.6) is 0 Å². The molecular weight excluding hydrogens is 410 g/mol. The van der Waals surface area contributed by atoms with Crippen LogP contribution in [0.25, 0.3) is 0 Å². The minimum atomic E-state index is -4.79. The second-order valence-corrected chi connectivity index (χ2v) is 10.8. The highest BCUT2D eigenvalue weighted by Crippen LogP contribution is 2.48. The Morgan fingerprint density at radius 1 is 1.14 bits per heavy atom. The van der Waals surface area contributed by atoms with Gasteiger partial charge in [0.2, 0.25) is 0 Å². The van der Waals surface area contributed by atoms with Crippen LogP contribution in [0.4, 0.5) is 17.6 Å². The Labute approximate surface area is 169 Å². The molecule has 0 spiro atoms. The Kier molecular flexibility index (Phi) is 7.15. The number of alkyl halides is 3. The standard InChI is InChI=1S/C20H27F4NO3S/c1-13(2)11-29(27,28)12-16(17(26)10-19(3)8-9-19)25-18(20(22,23)24)14-4-6-15(21)7-5-14/h4-7,13,16,18,25H,8-12H2,1-3H3/t16-,18-/m0/s1. The Bertz CT molecular complexity index is 815. The number of benzene rings is 1. The van der Waals surface area contributed by atoms with E-state index in [2.05, 4.69) is 5.32 Å². The maximum Gasteiger partial charge on any atom is 0.407 e. The van der Waals surface area contributed by atoms with Crippen LogP contribution >= 0.6 is 0 Å². The maximum absolute atomic E-state index is 13.7. The molecular formula is C20H27F4NO3S. The molecule has 2 atom stereocenters. The van der Waals surface area contributed by atoms with Gasteiger partial charge < -0.3 is 0 Å². The minimum Gasteiger partial charge on any atom is -0.298 e. The molecule has 1 aromatic rings. The van der Waals surface area contributed by atoms with Gasteiger partial charge in [-0.2, -0.15) is 13.2 Å². The fourth-order valence-corrected chi connectivity index (χ4v) is 5.18. The molecule has 1 aliphatic rings. The van der Waals surface area contributed by atoms with E-state index in [0.29, 0.717) is 0 Å².